The van der Waals surface area contributed by atoms with E-state index in [-0.39, 0.29) is 16.1 Å². The molecule has 2 rings (SSSR count). The molecule has 0 saturated heterocycles. The van der Waals surface area contributed by atoms with E-state index in [4.69, 9.17) is 0 Å². The highest BCUT2D eigenvalue weighted by Gasteiger charge is 2.35. The van der Waals surface area contributed by atoms with E-state index in [0.717, 1.165) is 0 Å². The number of nitrogens with zero attached hydrogens (tertiary/aromatic N) is 3. The summed E-state index contributed by atoms with van der Waals surface area (Å²) in [5.74, 6) is -1.20. The summed E-state index contributed by atoms with van der Waals surface area (Å²) in [6, 6.07) is 2.93. The number of rotatable bonds is 0. The van der Waals surface area contributed by atoms with Gasteiger partial charge < -0.3 is 0 Å². The van der Waals surface area contributed by atoms with E-state index < -0.39 is 12.0 Å². The fourth-order valence-corrected chi connectivity index (χ4v) is 1.35. The van der Waals surface area contributed by atoms with Crippen molar-refractivity contribution in [2.45, 2.75) is 11.2 Å². The Kier molecular flexibility index (Phi) is 2.26. The number of hydrogen-bond acceptors (Lipinski definition) is 4. The van der Waals surface area contributed by atoms with Gasteiger partial charge in [0, 0.05) is 6.20 Å². The van der Waals surface area contributed by atoms with Crippen molar-refractivity contribution >= 4 is 23.7 Å². The highest BCUT2D eigenvalue weighted by Crippen LogP contribution is 2.28. The lowest BCUT2D eigenvalue weighted by atomic mass is 10.3. The van der Waals surface area contributed by atoms with Crippen LogP contribution >= 0.6 is 12.6 Å². The Morgan fingerprint density at radius 1 is 1.20 bits per heavy atom. The highest BCUT2D eigenvalue weighted by atomic mass is 32.1. The molecule has 0 unspecified atom stereocenters. The number of pyridine rings is 1. The molecule has 2 heterocycles. The molecule has 0 aromatic carbocycles. The minimum atomic E-state index is -4.57. The van der Waals surface area contributed by atoms with Crippen molar-refractivity contribution in [3.8, 4) is 0 Å². The van der Waals surface area contributed by atoms with Crippen LogP contribution in [0.3, 0.4) is 0 Å². The predicted octanol–water partition coefficient (Wildman–Crippen LogP) is 2.33. The zero-order valence-electron chi connectivity index (χ0n) is 7.15. The fourth-order valence-electron chi connectivity index (χ4n) is 1.08. The predicted molar refractivity (Wildman–Crippen MR) is 49.6 cm³/mol. The molecule has 0 aliphatic rings. The normalized spacial score (nSPS) is 12.0. The zero-order chi connectivity index (χ0) is 11.1. The molecule has 78 valence electrons. The molecule has 2 aromatic rings. The topological polar surface area (TPSA) is 38.7 Å². The van der Waals surface area contributed by atoms with Crippen molar-refractivity contribution in [2.24, 2.45) is 0 Å². The molecule has 3 nitrogen and oxygen atoms in total. The SMILES string of the molecule is FC(F)(F)c1nc(S)c2ncccc2n1. The lowest BCUT2D eigenvalue weighted by Gasteiger charge is -2.06. The average Bonchev–Trinajstić information content (AvgIpc) is 2.16. The largest absolute Gasteiger partial charge is 0.451 e. The second-order valence-electron chi connectivity index (χ2n) is 2.74. The van der Waals surface area contributed by atoms with Gasteiger partial charge in [0.25, 0.3) is 0 Å². The van der Waals surface area contributed by atoms with E-state index in [9.17, 15) is 13.2 Å². The smallest absolute Gasteiger partial charge is 0.252 e. The summed E-state index contributed by atoms with van der Waals surface area (Å²) >= 11 is 3.84. The van der Waals surface area contributed by atoms with Crippen molar-refractivity contribution < 1.29 is 13.2 Å². The van der Waals surface area contributed by atoms with E-state index >= 15 is 0 Å². The Balaban J connectivity index is 2.73. The molecular formula is C8H4F3N3S. The van der Waals surface area contributed by atoms with Crippen LogP contribution < -0.4 is 0 Å². The first-order valence-electron chi connectivity index (χ1n) is 3.87. The van der Waals surface area contributed by atoms with Crippen LogP contribution in [-0.4, -0.2) is 15.0 Å². The first-order chi connectivity index (χ1) is 6.98. The van der Waals surface area contributed by atoms with Gasteiger partial charge in [0.05, 0.1) is 5.52 Å². The second-order valence-corrected chi connectivity index (χ2v) is 3.16. The molecule has 0 aliphatic heterocycles. The van der Waals surface area contributed by atoms with Crippen LogP contribution in [0.5, 0.6) is 0 Å². The molecule has 0 radical (unpaired) electrons. The van der Waals surface area contributed by atoms with Crippen molar-refractivity contribution in [3.63, 3.8) is 0 Å². The third kappa shape index (κ3) is 1.87. The first kappa shape index (κ1) is 10.2. The molecular weight excluding hydrogens is 227 g/mol. The standard InChI is InChI=1S/C8H4F3N3S/c9-8(10,11)7-13-4-2-1-3-12-5(4)6(15)14-7/h1-3H,(H,13,14,15). The summed E-state index contributed by atoms with van der Waals surface area (Å²) < 4.78 is 36.9. The van der Waals surface area contributed by atoms with Crippen molar-refractivity contribution in [1.29, 1.82) is 0 Å². The van der Waals surface area contributed by atoms with Crippen LogP contribution in [0.2, 0.25) is 0 Å². The van der Waals surface area contributed by atoms with Gasteiger partial charge in [0.15, 0.2) is 0 Å². The molecule has 0 saturated carbocycles. The van der Waals surface area contributed by atoms with Crippen LogP contribution in [0.4, 0.5) is 13.2 Å². The Morgan fingerprint density at radius 3 is 2.60 bits per heavy atom. The van der Waals surface area contributed by atoms with Gasteiger partial charge in [-0.3, -0.25) is 4.98 Å². The van der Waals surface area contributed by atoms with E-state index in [2.05, 4.69) is 27.6 Å². The first-order valence-corrected chi connectivity index (χ1v) is 4.32. The molecule has 0 atom stereocenters. The minimum absolute atomic E-state index is 0.0760. The summed E-state index contributed by atoms with van der Waals surface area (Å²) in [7, 11) is 0. The van der Waals surface area contributed by atoms with Crippen molar-refractivity contribution in [2.75, 3.05) is 0 Å². The molecule has 0 N–H and O–H groups in total. The molecule has 2 aromatic heterocycles. The Bertz CT molecular complexity index is 512. The van der Waals surface area contributed by atoms with E-state index in [0.29, 0.717) is 0 Å². The lowest BCUT2D eigenvalue weighted by Crippen LogP contribution is -2.11. The van der Waals surface area contributed by atoms with Crippen LogP contribution in [-0.2, 0) is 6.18 Å². The number of alkyl halides is 3. The number of hydrogen-bond donors (Lipinski definition) is 1. The molecule has 0 amide bonds. The molecule has 0 aliphatic carbocycles. The monoisotopic (exact) mass is 231 g/mol. The Hall–Kier alpha value is -1.37. The van der Waals surface area contributed by atoms with Crippen molar-refractivity contribution in [3.05, 3.63) is 24.2 Å². The van der Waals surface area contributed by atoms with Crippen LogP contribution in [0, 0.1) is 0 Å². The van der Waals surface area contributed by atoms with Gasteiger partial charge in [0.1, 0.15) is 10.5 Å². The molecule has 0 spiro atoms. The molecule has 0 fully saturated rings. The highest BCUT2D eigenvalue weighted by molar-refractivity contribution is 7.80. The maximum atomic E-state index is 12.3. The third-order valence-corrected chi connectivity index (χ3v) is 2.00. The van der Waals surface area contributed by atoms with Gasteiger partial charge in [-0.15, -0.1) is 12.6 Å². The average molecular weight is 231 g/mol. The Morgan fingerprint density at radius 2 is 1.93 bits per heavy atom. The summed E-state index contributed by atoms with van der Waals surface area (Å²) in [4.78, 5) is 10.4. The van der Waals surface area contributed by atoms with Gasteiger partial charge in [-0.05, 0) is 12.1 Å². The van der Waals surface area contributed by atoms with Crippen LogP contribution in [0.15, 0.2) is 23.4 Å². The van der Waals surface area contributed by atoms with Gasteiger partial charge in [-0.1, -0.05) is 0 Å². The number of thiol groups is 1. The summed E-state index contributed by atoms with van der Waals surface area (Å²) in [6.45, 7) is 0. The van der Waals surface area contributed by atoms with E-state index in [1.807, 2.05) is 0 Å². The minimum Gasteiger partial charge on any atom is -0.252 e. The Labute approximate surface area is 87.8 Å². The van der Waals surface area contributed by atoms with Crippen LogP contribution in [0.1, 0.15) is 5.82 Å². The van der Waals surface area contributed by atoms with Crippen molar-refractivity contribution in [1.82, 2.24) is 15.0 Å². The lowest BCUT2D eigenvalue weighted by molar-refractivity contribution is -0.145. The van der Waals surface area contributed by atoms with Crippen LogP contribution in [0.25, 0.3) is 11.0 Å². The fraction of sp³-hybridized carbons (Fsp3) is 0.125. The van der Waals surface area contributed by atoms with Gasteiger partial charge in [0.2, 0.25) is 5.82 Å². The quantitative estimate of drug-likeness (QED) is 0.558. The zero-order valence-corrected chi connectivity index (χ0v) is 8.05. The maximum absolute atomic E-state index is 12.3. The molecule has 7 heteroatoms. The van der Waals surface area contributed by atoms with Gasteiger partial charge in [-0.25, -0.2) is 9.97 Å². The molecule has 15 heavy (non-hydrogen) atoms. The summed E-state index contributed by atoms with van der Waals surface area (Å²) in [6.07, 6.45) is -3.12. The second kappa shape index (κ2) is 3.34. The van der Waals surface area contributed by atoms with Gasteiger partial charge in [-0.2, -0.15) is 13.2 Å². The van der Waals surface area contributed by atoms with Gasteiger partial charge >= 0.3 is 6.18 Å². The van der Waals surface area contributed by atoms with E-state index in [1.165, 1.54) is 18.3 Å². The summed E-state index contributed by atoms with van der Waals surface area (Å²) in [5.41, 5.74) is 0.388. The number of aromatic nitrogens is 3. The number of halogens is 3. The number of fused-ring (bicyclic) bond motifs is 1. The van der Waals surface area contributed by atoms with E-state index in [1.54, 1.807) is 0 Å². The maximum Gasteiger partial charge on any atom is 0.451 e. The summed E-state index contributed by atoms with van der Waals surface area (Å²) in [5, 5.41) is -0.0760. The molecule has 0 bridgehead atoms. The third-order valence-electron chi connectivity index (χ3n) is 1.69.